The normalized spacial score (nSPS) is 15.1. The molecule has 1 aliphatic heterocycles. The van der Waals surface area contributed by atoms with Crippen molar-refractivity contribution < 1.29 is 14.4 Å². The lowest BCUT2D eigenvalue weighted by Gasteiger charge is -2.26. The molecule has 6 nitrogen and oxygen atoms in total. The molecule has 1 saturated heterocycles. The van der Waals surface area contributed by atoms with E-state index in [4.69, 9.17) is 23.2 Å². The van der Waals surface area contributed by atoms with E-state index in [1.165, 1.54) is 6.08 Å². The van der Waals surface area contributed by atoms with Gasteiger partial charge in [0, 0.05) is 29.2 Å². The number of aromatic nitrogens is 1. The fourth-order valence-corrected chi connectivity index (χ4v) is 4.60. The first kappa shape index (κ1) is 23.9. The summed E-state index contributed by atoms with van der Waals surface area (Å²) in [6.45, 7) is 2.53. The zero-order valence-corrected chi connectivity index (χ0v) is 20.8. The average Bonchev–Trinajstić information content (AvgIpc) is 3.21. The van der Waals surface area contributed by atoms with Crippen molar-refractivity contribution >= 4 is 63.7 Å². The predicted molar refractivity (Wildman–Crippen MR) is 142 cm³/mol. The molecule has 4 aromatic rings. The van der Waals surface area contributed by atoms with E-state index < -0.39 is 17.8 Å². The monoisotopic (exact) mass is 517 g/mol. The van der Waals surface area contributed by atoms with Crippen molar-refractivity contribution in [3.8, 4) is 0 Å². The van der Waals surface area contributed by atoms with Gasteiger partial charge in [-0.15, -0.1) is 0 Å². The standard InChI is InChI=1S/C28H21Cl2N3O3/c1-2-17-7-10-20(11-8-17)33-27(35)22(26(34)31-28(33)36)14-19-16-32(25-6-4-3-5-21(19)25)15-18-9-12-23(29)24(30)13-18/h3-14,16H,2,15H2,1H3,(H,31,34,36)/b22-14-. The van der Waals surface area contributed by atoms with Crippen molar-refractivity contribution in [2.24, 2.45) is 0 Å². The van der Waals surface area contributed by atoms with Gasteiger partial charge in [0.25, 0.3) is 11.8 Å². The maximum Gasteiger partial charge on any atom is 0.335 e. The van der Waals surface area contributed by atoms with Gasteiger partial charge in [-0.2, -0.15) is 0 Å². The van der Waals surface area contributed by atoms with Crippen LogP contribution in [-0.2, 0) is 22.6 Å². The first-order valence-electron chi connectivity index (χ1n) is 11.4. The number of anilines is 1. The minimum atomic E-state index is -0.770. The molecule has 180 valence electrons. The van der Waals surface area contributed by atoms with Gasteiger partial charge in [-0.05, 0) is 54.0 Å². The number of rotatable bonds is 5. The van der Waals surface area contributed by atoms with Crippen LogP contribution in [-0.4, -0.2) is 22.4 Å². The van der Waals surface area contributed by atoms with E-state index in [1.54, 1.807) is 18.2 Å². The highest BCUT2D eigenvalue weighted by molar-refractivity contribution is 6.42. The third-order valence-electron chi connectivity index (χ3n) is 6.16. The van der Waals surface area contributed by atoms with Crippen LogP contribution in [0.15, 0.2) is 78.5 Å². The number of urea groups is 1. The van der Waals surface area contributed by atoms with Crippen LogP contribution in [0.25, 0.3) is 17.0 Å². The first-order valence-corrected chi connectivity index (χ1v) is 12.1. The van der Waals surface area contributed by atoms with Crippen LogP contribution in [0.5, 0.6) is 0 Å². The maximum atomic E-state index is 13.4. The third-order valence-corrected chi connectivity index (χ3v) is 6.90. The average molecular weight is 518 g/mol. The molecule has 0 spiro atoms. The van der Waals surface area contributed by atoms with E-state index in [9.17, 15) is 14.4 Å². The Morgan fingerprint density at radius 2 is 1.61 bits per heavy atom. The molecule has 0 atom stereocenters. The van der Waals surface area contributed by atoms with E-state index in [2.05, 4.69) is 5.32 Å². The molecule has 2 heterocycles. The number of para-hydroxylation sites is 1. The molecule has 1 aromatic heterocycles. The topological polar surface area (TPSA) is 71.4 Å². The van der Waals surface area contributed by atoms with Crippen LogP contribution >= 0.6 is 23.2 Å². The van der Waals surface area contributed by atoms with E-state index in [-0.39, 0.29) is 5.57 Å². The van der Waals surface area contributed by atoms with Crippen LogP contribution < -0.4 is 10.2 Å². The SMILES string of the molecule is CCc1ccc(N2C(=O)NC(=O)/C(=C/c3cn(Cc4ccc(Cl)c(Cl)c4)c4ccccc34)C2=O)cc1. The molecule has 4 amide bonds. The van der Waals surface area contributed by atoms with Crippen molar-refractivity contribution in [2.45, 2.75) is 19.9 Å². The number of hydrogen-bond donors (Lipinski definition) is 1. The van der Waals surface area contributed by atoms with Gasteiger partial charge in [-0.1, -0.05) is 66.5 Å². The number of carbonyl (C=O) groups excluding carboxylic acids is 3. The fraction of sp³-hybridized carbons (Fsp3) is 0.107. The van der Waals surface area contributed by atoms with E-state index in [0.717, 1.165) is 33.4 Å². The lowest BCUT2D eigenvalue weighted by Crippen LogP contribution is -2.54. The molecule has 0 saturated carbocycles. The number of nitrogens with zero attached hydrogens (tertiary/aromatic N) is 2. The highest BCUT2D eigenvalue weighted by atomic mass is 35.5. The summed E-state index contributed by atoms with van der Waals surface area (Å²) in [5.41, 5.74) is 3.90. The summed E-state index contributed by atoms with van der Waals surface area (Å²) < 4.78 is 2.01. The lowest BCUT2D eigenvalue weighted by molar-refractivity contribution is -0.122. The van der Waals surface area contributed by atoms with Gasteiger partial charge in [0.15, 0.2) is 0 Å². The Morgan fingerprint density at radius 3 is 2.33 bits per heavy atom. The Kier molecular flexibility index (Phi) is 6.39. The second-order valence-corrected chi connectivity index (χ2v) is 9.27. The second-order valence-electron chi connectivity index (χ2n) is 8.46. The number of nitrogens with one attached hydrogen (secondary N) is 1. The van der Waals surface area contributed by atoms with Gasteiger partial charge in [0.05, 0.1) is 15.7 Å². The summed E-state index contributed by atoms with van der Waals surface area (Å²) in [6, 6.07) is 19.5. The minimum absolute atomic E-state index is 0.119. The number of fused-ring (bicyclic) bond motifs is 1. The minimum Gasteiger partial charge on any atom is -0.342 e. The molecule has 3 aromatic carbocycles. The van der Waals surface area contributed by atoms with Gasteiger partial charge < -0.3 is 4.57 Å². The summed E-state index contributed by atoms with van der Waals surface area (Å²) in [5, 5.41) is 4.10. The van der Waals surface area contributed by atoms with Crippen LogP contribution in [0.1, 0.15) is 23.6 Å². The smallest absolute Gasteiger partial charge is 0.335 e. The van der Waals surface area contributed by atoms with Crippen molar-refractivity contribution in [3.63, 3.8) is 0 Å². The maximum absolute atomic E-state index is 13.4. The number of amides is 4. The van der Waals surface area contributed by atoms with Gasteiger partial charge >= 0.3 is 6.03 Å². The van der Waals surface area contributed by atoms with Crippen LogP contribution in [0.2, 0.25) is 10.0 Å². The van der Waals surface area contributed by atoms with Gasteiger partial charge in [0.1, 0.15) is 5.57 Å². The fourth-order valence-electron chi connectivity index (χ4n) is 4.28. The number of aryl methyl sites for hydroxylation is 1. The zero-order valence-electron chi connectivity index (χ0n) is 19.3. The van der Waals surface area contributed by atoms with Crippen molar-refractivity contribution in [1.29, 1.82) is 0 Å². The first-order chi connectivity index (χ1) is 17.4. The van der Waals surface area contributed by atoms with Crippen LogP contribution in [0, 0.1) is 0 Å². The molecule has 0 radical (unpaired) electrons. The largest absolute Gasteiger partial charge is 0.342 e. The number of halogens is 2. The van der Waals surface area contributed by atoms with Gasteiger partial charge in [0.2, 0.25) is 0 Å². The van der Waals surface area contributed by atoms with Gasteiger partial charge in [-0.25, -0.2) is 9.69 Å². The molecule has 0 aliphatic carbocycles. The number of imide groups is 2. The molecule has 1 fully saturated rings. The number of carbonyl (C=O) groups is 3. The molecular formula is C28H21Cl2N3O3. The van der Waals surface area contributed by atoms with Crippen molar-refractivity contribution in [1.82, 2.24) is 9.88 Å². The highest BCUT2D eigenvalue weighted by Gasteiger charge is 2.37. The van der Waals surface area contributed by atoms with Crippen LogP contribution in [0.3, 0.4) is 0 Å². The van der Waals surface area contributed by atoms with E-state index >= 15 is 0 Å². The van der Waals surface area contributed by atoms with Crippen LogP contribution in [0.4, 0.5) is 10.5 Å². The summed E-state index contributed by atoms with van der Waals surface area (Å²) in [4.78, 5) is 39.6. The third kappa shape index (κ3) is 4.41. The van der Waals surface area contributed by atoms with E-state index in [1.807, 2.05) is 66.2 Å². The molecular weight excluding hydrogens is 497 g/mol. The Morgan fingerprint density at radius 1 is 0.889 bits per heavy atom. The van der Waals surface area contributed by atoms with Crippen molar-refractivity contribution in [2.75, 3.05) is 4.90 Å². The molecule has 1 aliphatic rings. The molecule has 5 rings (SSSR count). The molecule has 0 bridgehead atoms. The van der Waals surface area contributed by atoms with Crippen molar-refractivity contribution in [3.05, 3.63) is 105 Å². The lowest BCUT2D eigenvalue weighted by atomic mass is 10.1. The zero-order chi connectivity index (χ0) is 25.4. The second kappa shape index (κ2) is 9.64. The van der Waals surface area contributed by atoms with Gasteiger partial charge in [-0.3, -0.25) is 14.9 Å². The Balaban J connectivity index is 1.54. The summed E-state index contributed by atoms with van der Waals surface area (Å²) >= 11 is 12.2. The quantitative estimate of drug-likeness (QED) is 0.252. The summed E-state index contributed by atoms with van der Waals surface area (Å²) in [6.07, 6.45) is 4.24. The summed E-state index contributed by atoms with van der Waals surface area (Å²) in [7, 11) is 0. The predicted octanol–water partition coefficient (Wildman–Crippen LogP) is 6.23. The molecule has 0 unspecified atom stereocenters. The number of hydrogen-bond acceptors (Lipinski definition) is 3. The summed E-state index contributed by atoms with van der Waals surface area (Å²) in [5.74, 6) is -1.40. The number of barbiturate groups is 1. The Bertz CT molecular complexity index is 1550. The number of benzene rings is 3. The molecule has 36 heavy (non-hydrogen) atoms. The molecule has 8 heteroatoms. The Hall–Kier alpha value is -3.87. The van der Waals surface area contributed by atoms with E-state index in [0.29, 0.717) is 27.8 Å². The molecule has 1 N–H and O–H groups in total. The Labute approximate surface area is 217 Å². The highest BCUT2D eigenvalue weighted by Crippen LogP contribution is 2.29.